The van der Waals surface area contributed by atoms with Crippen molar-refractivity contribution < 1.29 is 9.21 Å². The molecule has 3 aromatic rings. The highest BCUT2D eigenvalue weighted by Gasteiger charge is 2.11. The standard InChI is InChI=1S/C19H20N2O2/c1-4-5-18(22)20-15-11-14(8-7-13(15)3)19-21-16-10-12(2)6-9-17(16)23-19/h6-11H,4-5H2,1-3H3,(H,20,22). The Morgan fingerprint density at radius 3 is 2.78 bits per heavy atom. The monoisotopic (exact) mass is 308 g/mol. The molecule has 0 fully saturated rings. The highest BCUT2D eigenvalue weighted by atomic mass is 16.3. The first-order chi connectivity index (χ1) is 11.1. The van der Waals surface area contributed by atoms with Crippen molar-refractivity contribution in [2.24, 2.45) is 0 Å². The minimum absolute atomic E-state index is 0.0286. The third-order valence-corrected chi connectivity index (χ3v) is 3.78. The van der Waals surface area contributed by atoms with E-state index in [1.165, 1.54) is 0 Å². The van der Waals surface area contributed by atoms with E-state index in [1.54, 1.807) is 0 Å². The van der Waals surface area contributed by atoms with Gasteiger partial charge in [0.1, 0.15) is 5.52 Å². The fourth-order valence-corrected chi connectivity index (χ4v) is 2.49. The van der Waals surface area contributed by atoms with Crippen LogP contribution in [0.1, 0.15) is 30.9 Å². The van der Waals surface area contributed by atoms with Crippen LogP contribution in [0, 0.1) is 13.8 Å². The number of nitrogens with zero attached hydrogens (tertiary/aromatic N) is 1. The van der Waals surface area contributed by atoms with Gasteiger partial charge in [0.05, 0.1) is 0 Å². The summed E-state index contributed by atoms with van der Waals surface area (Å²) >= 11 is 0. The van der Waals surface area contributed by atoms with Crippen LogP contribution in [0.2, 0.25) is 0 Å². The van der Waals surface area contributed by atoms with Gasteiger partial charge in [-0.1, -0.05) is 19.1 Å². The Morgan fingerprint density at radius 2 is 2.00 bits per heavy atom. The van der Waals surface area contributed by atoms with Crippen molar-refractivity contribution in [1.29, 1.82) is 0 Å². The third-order valence-electron chi connectivity index (χ3n) is 3.78. The van der Waals surface area contributed by atoms with Crippen LogP contribution >= 0.6 is 0 Å². The zero-order valence-corrected chi connectivity index (χ0v) is 13.6. The second kappa shape index (κ2) is 6.24. The first-order valence-electron chi connectivity index (χ1n) is 7.85. The quantitative estimate of drug-likeness (QED) is 0.749. The molecule has 0 spiro atoms. The number of nitrogens with one attached hydrogen (secondary N) is 1. The molecule has 0 aliphatic heterocycles. The van der Waals surface area contributed by atoms with E-state index < -0.39 is 0 Å². The molecule has 0 saturated carbocycles. The Kier molecular flexibility index (Phi) is 4.15. The summed E-state index contributed by atoms with van der Waals surface area (Å²) in [7, 11) is 0. The summed E-state index contributed by atoms with van der Waals surface area (Å²) in [6.45, 7) is 5.99. The Hall–Kier alpha value is -2.62. The van der Waals surface area contributed by atoms with Crippen molar-refractivity contribution in [1.82, 2.24) is 4.98 Å². The lowest BCUT2D eigenvalue weighted by Gasteiger charge is -2.09. The van der Waals surface area contributed by atoms with Gasteiger partial charge in [-0.2, -0.15) is 0 Å². The van der Waals surface area contributed by atoms with Gasteiger partial charge in [0.2, 0.25) is 11.8 Å². The topological polar surface area (TPSA) is 55.1 Å². The van der Waals surface area contributed by atoms with E-state index in [0.717, 1.165) is 39.9 Å². The minimum atomic E-state index is 0.0286. The van der Waals surface area contributed by atoms with E-state index in [9.17, 15) is 4.79 Å². The maximum atomic E-state index is 11.8. The van der Waals surface area contributed by atoms with Crippen molar-refractivity contribution in [3.05, 3.63) is 47.5 Å². The Labute approximate surface area is 135 Å². The van der Waals surface area contributed by atoms with Gasteiger partial charge in [-0.15, -0.1) is 0 Å². The number of carbonyl (C=O) groups excluding carboxylic acids is 1. The van der Waals surface area contributed by atoms with Crippen LogP contribution in [-0.4, -0.2) is 10.9 Å². The summed E-state index contributed by atoms with van der Waals surface area (Å²) in [4.78, 5) is 16.4. The van der Waals surface area contributed by atoms with Gasteiger partial charge in [-0.3, -0.25) is 4.79 Å². The number of hydrogen-bond acceptors (Lipinski definition) is 3. The molecule has 1 amide bonds. The average Bonchev–Trinajstić information content (AvgIpc) is 2.92. The molecule has 4 heteroatoms. The van der Waals surface area contributed by atoms with E-state index in [0.29, 0.717) is 12.3 Å². The van der Waals surface area contributed by atoms with Crippen LogP contribution in [0.15, 0.2) is 40.8 Å². The molecular formula is C19H20N2O2. The maximum absolute atomic E-state index is 11.8. The molecule has 118 valence electrons. The van der Waals surface area contributed by atoms with Gasteiger partial charge < -0.3 is 9.73 Å². The molecule has 0 atom stereocenters. The van der Waals surface area contributed by atoms with E-state index in [1.807, 2.05) is 57.2 Å². The molecule has 0 bridgehead atoms. The van der Waals surface area contributed by atoms with Gasteiger partial charge in [-0.25, -0.2) is 4.98 Å². The lowest BCUT2D eigenvalue weighted by atomic mass is 10.1. The smallest absolute Gasteiger partial charge is 0.227 e. The number of aromatic nitrogens is 1. The summed E-state index contributed by atoms with van der Waals surface area (Å²) in [5.41, 5.74) is 5.44. The SMILES string of the molecule is CCCC(=O)Nc1cc(-c2nc3cc(C)ccc3o2)ccc1C. The number of fused-ring (bicyclic) bond motifs is 1. The van der Waals surface area contributed by atoms with Crippen molar-refractivity contribution in [3.8, 4) is 11.5 Å². The van der Waals surface area contributed by atoms with Gasteiger partial charge in [0.25, 0.3) is 0 Å². The zero-order chi connectivity index (χ0) is 16.4. The Morgan fingerprint density at radius 1 is 1.17 bits per heavy atom. The van der Waals surface area contributed by atoms with Crippen LogP contribution in [-0.2, 0) is 4.79 Å². The molecule has 0 saturated heterocycles. The first kappa shape index (κ1) is 15.3. The normalized spacial score (nSPS) is 10.9. The second-order valence-electron chi connectivity index (χ2n) is 5.82. The predicted molar refractivity (Wildman–Crippen MR) is 92.5 cm³/mol. The average molecular weight is 308 g/mol. The Balaban J connectivity index is 1.96. The lowest BCUT2D eigenvalue weighted by molar-refractivity contribution is -0.116. The molecule has 1 heterocycles. The van der Waals surface area contributed by atoms with E-state index >= 15 is 0 Å². The van der Waals surface area contributed by atoms with Crippen LogP contribution in [0.25, 0.3) is 22.6 Å². The molecule has 0 unspecified atom stereocenters. The van der Waals surface area contributed by atoms with Crippen LogP contribution < -0.4 is 5.32 Å². The van der Waals surface area contributed by atoms with Gasteiger partial charge in [0, 0.05) is 17.7 Å². The lowest BCUT2D eigenvalue weighted by Crippen LogP contribution is -2.11. The fourth-order valence-electron chi connectivity index (χ4n) is 2.49. The number of rotatable bonds is 4. The van der Waals surface area contributed by atoms with Crippen molar-refractivity contribution in [2.45, 2.75) is 33.6 Å². The van der Waals surface area contributed by atoms with Crippen molar-refractivity contribution in [3.63, 3.8) is 0 Å². The van der Waals surface area contributed by atoms with Crippen LogP contribution in [0.3, 0.4) is 0 Å². The van der Waals surface area contributed by atoms with E-state index in [4.69, 9.17) is 4.42 Å². The molecule has 2 aromatic carbocycles. The zero-order valence-electron chi connectivity index (χ0n) is 13.6. The summed E-state index contributed by atoms with van der Waals surface area (Å²) in [5.74, 6) is 0.595. The summed E-state index contributed by atoms with van der Waals surface area (Å²) in [5, 5.41) is 2.96. The van der Waals surface area contributed by atoms with Crippen molar-refractivity contribution >= 4 is 22.7 Å². The number of carbonyl (C=O) groups is 1. The minimum Gasteiger partial charge on any atom is -0.436 e. The van der Waals surface area contributed by atoms with Gasteiger partial charge >= 0.3 is 0 Å². The molecule has 0 radical (unpaired) electrons. The second-order valence-corrected chi connectivity index (χ2v) is 5.82. The van der Waals surface area contributed by atoms with Gasteiger partial charge in [-0.05, 0) is 55.7 Å². The number of amides is 1. The predicted octanol–water partition coefficient (Wildman–Crippen LogP) is 4.85. The number of anilines is 1. The largest absolute Gasteiger partial charge is 0.436 e. The van der Waals surface area contributed by atoms with E-state index in [2.05, 4.69) is 10.3 Å². The molecule has 4 nitrogen and oxygen atoms in total. The van der Waals surface area contributed by atoms with Crippen LogP contribution in [0.4, 0.5) is 5.69 Å². The summed E-state index contributed by atoms with van der Waals surface area (Å²) < 4.78 is 5.83. The number of oxazole rings is 1. The number of aryl methyl sites for hydroxylation is 2. The molecule has 1 N–H and O–H groups in total. The van der Waals surface area contributed by atoms with Crippen LogP contribution in [0.5, 0.6) is 0 Å². The number of benzene rings is 2. The van der Waals surface area contributed by atoms with E-state index in [-0.39, 0.29) is 5.91 Å². The molecule has 0 aliphatic carbocycles. The highest BCUT2D eigenvalue weighted by molar-refractivity contribution is 5.92. The third kappa shape index (κ3) is 3.26. The first-order valence-corrected chi connectivity index (χ1v) is 7.85. The highest BCUT2D eigenvalue weighted by Crippen LogP contribution is 2.28. The summed E-state index contributed by atoms with van der Waals surface area (Å²) in [6.07, 6.45) is 1.35. The molecule has 23 heavy (non-hydrogen) atoms. The molecular weight excluding hydrogens is 288 g/mol. The summed E-state index contributed by atoms with van der Waals surface area (Å²) in [6, 6.07) is 11.8. The Bertz CT molecular complexity index is 865. The fraction of sp³-hybridized carbons (Fsp3) is 0.263. The van der Waals surface area contributed by atoms with Crippen molar-refractivity contribution in [2.75, 3.05) is 5.32 Å². The molecule has 3 rings (SSSR count). The molecule has 1 aromatic heterocycles. The van der Waals surface area contributed by atoms with Gasteiger partial charge in [0.15, 0.2) is 5.58 Å². The molecule has 0 aliphatic rings. The number of hydrogen-bond donors (Lipinski definition) is 1. The maximum Gasteiger partial charge on any atom is 0.227 e.